The Morgan fingerprint density at radius 1 is 1.40 bits per heavy atom. The van der Waals surface area contributed by atoms with Crippen molar-refractivity contribution < 1.29 is 0 Å². The molecule has 0 radical (unpaired) electrons. The molecular formula is C11H16BrClN2. The lowest BCUT2D eigenvalue weighted by atomic mass is 10.2. The molecular weight excluding hydrogens is 275 g/mol. The van der Waals surface area contributed by atoms with Gasteiger partial charge in [0.25, 0.3) is 0 Å². The number of alkyl halides is 1. The Morgan fingerprint density at radius 2 is 2.20 bits per heavy atom. The molecule has 0 fully saturated rings. The van der Waals surface area contributed by atoms with Crippen LogP contribution in [-0.4, -0.2) is 17.4 Å². The van der Waals surface area contributed by atoms with Crippen molar-refractivity contribution in [3.05, 3.63) is 22.3 Å². The standard InChI is InChI=1S/C11H16BrClN2/c1-9-5-8-15-11(10(9)12)14-7-4-2-3-6-13/h5,8H,2-4,6-7H2,1H3,(H,14,15). The van der Waals surface area contributed by atoms with E-state index in [0.717, 1.165) is 35.6 Å². The fourth-order valence-corrected chi connectivity index (χ4v) is 1.83. The van der Waals surface area contributed by atoms with Gasteiger partial charge in [-0.15, -0.1) is 11.6 Å². The number of halogens is 2. The lowest BCUT2D eigenvalue weighted by Crippen LogP contribution is -2.04. The van der Waals surface area contributed by atoms with Crippen LogP contribution >= 0.6 is 27.5 Å². The molecule has 0 saturated heterocycles. The van der Waals surface area contributed by atoms with E-state index in [1.807, 2.05) is 12.3 Å². The molecule has 0 saturated carbocycles. The maximum absolute atomic E-state index is 5.60. The van der Waals surface area contributed by atoms with Crippen molar-refractivity contribution in [2.24, 2.45) is 0 Å². The summed E-state index contributed by atoms with van der Waals surface area (Å²) in [5, 5.41) is 3.31. The number of anilines is 1. The number of rotatable bonds is 6. The molecule has 4 heteroatoms. The highest BCUT2D eigenvalue weighted by molar-refractivity contribution is 9.10. The van der Waals surface area contributed by atoms with E-state index in [4.69, 9.17) is 11.6 Å². The van der Waals surface area contributed by atoms with Crippen molar-refractivity contribution in [1.29, 1.82) is 0 Å². The van der Waals surface area contributed by atoms with Gasteiger partial charge in [0.05, 0.1) is 4.47 Å². The SMILES string of the molecule is Cc1ccnc(NCCCCCCl)c1Br. The molecule has 0 unspecified atom stereocenters. The molecule has 84 valence electrons. The average molecular weight is 292 g/mol. The maximum Gasteiger partial charge on any atom is 0.140 e. The second-order valence-electron chi connectivity index (χ2n) is 3.47. The van der Waals surface area contributed by atoms with Crippen molar-refractivity contribution in [3.8, 4) is 0 Å². The second-order valence-corrected chi connectivity index (χ2v) is 4.64. The number of nitrogens with zero attached hydrogens (tertiary/aromatic N) is 1. The first kappa shape index (κ1) is 12.8. The minimum Gasteiger partial charge on any atom is -0.369 e. The molecule has 1 rings (SSSR count). The summed E-state index contributed by atoms with van der Waals surface area (Å²) >= 11 is 9.12. The van der Waals surface area contributed by atoms with Gasteiger partial charge in [0.1, 0.15) is 5.82 Å². The van der Waals surface area contributed by atoms with E-state index in [2.05, 4.69) is 33.2 Å². The summed E-state index contributed by atoms with van der Waals surface area (Å²) in [5.74, 6) is 1.69. The minimum absolute atomic E-state index is 0.756. The molecule has 1 aromatic rings. The van der Waals surface area contributed by atoms with E-state index in [0.29, 0.717) is 0 Å². The van der Waals surface area contributed by atoms with E-state index in [1.54, 1.807) is 0 Å². The zero-order valence-corrected chi connectivity index (χ0v) is 11.2. The fraction of sp³-hybridized carbons (Fsp3) is 0.545. The van der Waals surface area contributed by atoms with Crippen LogP contribution in [0.2, 0.25) is 0 Å². The first-order chi connectivity index (χ1) is 7.25. The number of pyridine rings is 1. The Morgan fingerprint density at radius 3 is 2.93 bits per heavy atom. The Bertz CT molecular complexity index is 305. The average Bonchev–Trinajstić information content (AvgIpc) is 2.24. The molecule has 1 N–H and O–H groups in total. The molecule has 15 heavy (non-hydrogen) atoms. The summed E-state index contributed by atoms with van der Waals surface area (Å²) in [6.45, 7) is 3.01. The van der Waals surface area contributed by atoms with E-state index in [-0.39, 0.29) is 0 Å². The van der Waals surface area contributed by atoms with Gasteiger partial charge < -0.3 is 5.32 Å². The Hall–Kier alpha value is -0.280. The molecule has 1 heterocycles. The monoisotopic (exact) mass is 290 g/mol. The van der Waals surface area contributed by atoms with Gasteiger partial charge in [0.2, 0.25) is 0 Å². The van der Waals surface area contributed by atoms with Crippen LogP contribution in [0, 0.1) is 6.92 Å². The van der Waals surface area contributed by atoms with E-state index < -0.39 is 0 Å². The largest absolute Gasteiger partial charge is 0.369 e. The second kappa shape index (κ2) is 7.07. The molecule has 0 aromatic carbocycles. The third-order valence-corrected chi connectivity index (χ3v) is 3.45. The third kappa shape index (κ3) is 4.39. The van der Waals surface area contributed by atoms with Gasteiger partial charge in [-0.2, -0.15) is 0 Å². The molecule has 1 aromatic heterocycles. The molecule has 0 spiro atoms. The zero-order chi connectivity index (χ0) is 11.1. The van der Waals surface area contributed by atoms with Gasteiger partial charge in [-0.05, 0) is 47.3 Å². The number of hydrogen-bond acceptors (Lipinski definition) is 2. The molecule has 0 amide bonds. The van der Waals surface area contributed by atoms with Crippen molar-refractivity contribution in [2.75, 3.05) is 17.7 Å². The number of unbranched alkanes of at least 4 members (excludes halogenated alkanes) is 2. The minimum atomic E-state index is 0.756. The summed E-state index contributed by atoms with van der Waals surface area (Å²) < 4.78 is 1.06. The summed E-state index contributed by atoms with van der Waals surface area (Å²) in [6.07, 6.45) is 5.21. The van der Waals surface area contributed by atoms with Crippen LogP contribution < -0.4 is 5.32 Å². The number of nitrogens with one attached hydrogen (secondary N) is 1. The van der Waals surface area contributed by atoms with Gasteiger partial charge in [0, 0.05) is 18.6 Å². The third-order valence-electron chi connectivity index (χ3n) is 2.19. The van der Waals surface area contributed by atoms with E-state index >= 15 is 0 Å². The van der Waals surface area contributed by atoms with Crippen LogP contribution in [0.25, 0.3) is 0 Å². The predicted octanol–water partition coefficient (Wildman–Crippen LogP) is 3.97. The van der Waals surface area contributed by atoms with E-state index in [1.165, 1.54) is 12.0 Å². The Kier molecular flexibility index (Phi) is 6.03. The summed E-state index contributed by atoms with van der Waals surface area (Å²) in [4.78, 5) is 4.27. The quantitative estimate of drug-likeness (QED) is 0.633. The number of hydrogen-bond donors (Lipinski definition) is 1. The van der Waals surface area contributed by atoms with Crippen LogP contribution in [0.15, 0.2) is 16.7 Å². The first-order valence-corrected chi connectivity index (χ1v) is 6.49. The van der Waals surface area contributed by atoms with Crippen LogP contribution in [0.3, 0.4) is 0 Å². The lowest BCUT2D eigenvalue weighted by molar-refractivity contribution is 0.745. The molecule has 0 bridgehead atoms. The van der Waals surface area contributed by atoms with Gasteiger partial charge in [-0.1, -0.05) is 6.42 Å². The number of aromatic nitrogens is 1. The van der Waals surface area contributed by atoms with Gasteiger partial charge in [-0.3, -0.25) is 0 Å². The maximum atomic E-state index is 5.60. The topological polar surface area (TPSA) is 24.9 Å². The van der Waals surface area contributed by atoms with Crippen LogP contribution in [0.5, 0.6) is 0 Å². The highest BCUT2D eigenvalue weighted by Crippen LogP contribution is 2.23. The van der Waals surface area contributed by atoms with Gasteiger partial charge in [-0.25, -0.2) is 4.98 Å². The summed E-state index contributed by atoms with van der Waals surface area (Å²) in [5.41, 5.74) is 1.20. The highest BCUT2D eigenvalue weighted by atomic mass is 79.9. The lowest BCUT2D eigenvalue weighted by Gasteiger charge is -2.08. The predicted molar refractivity (Wildman–Crippen MR) is 69.7 cm³/mol. The van der Waals surface area contributed by atoms with Gasteiger partial charge >= 0.3 is 0 Å². The summed E-state index contributed by atoms with van der Waals surface area (Å²) in [7, 11) is 0. The molecule has 2 nitrogen and oxygen atoms in total. The van der Waals surface area contributed by atoms with Crippen LogP contribution in [0.4, 0.5) is 5.82 Å². The first-order valence-electron chi connectivity index (χ1n) is 5.16. The molecule has 0 aliphatic heterocycles. The van der Waals surface area contributed by atoms with Crippen molar-refractivity contribution in [2.45, 2.75) is 26.2 Å². The van der Waals surface area contributed by atoms with Crippen LogP contribution in [-0.2, 0) is 0 Å². The zero-order valence-electron chi connectivity index (χ0n) is 8.89. The van der Waals surface area contributed by atoms with E-state index in [9.17, 15) is 0 Å². The van der Waals surface area contributed by atoms with Crippen molar-refractivity contribution in [1.82, 2.24) is 4.98 Å². The number of aryl methyl sites for hydroxylation is 1. The Labute approximate surface area is 105 Å². The smallest absolute Gasteiger partial charge is 0.140 e. The van der Waals surface area contributed by atoms with Crippen molar-refractivity contribution in [3.63, 3.8) is 0 Å². The highest BCUT2D eigenvalue weighted by Gasteiger charge is 2.02. The summed E-state index contributed by atoms with van der Waals surface area (Å²) in [6, 6.07) is 1.99. The van der Waals surface area contributed by atoms with Crippen LogP contribution in [0.1, 0.15) is 24.8 Å². The normalized spacial score (nSPS) is 10.3. The Balaban J connectivity index is 2.34. The molecule has 0 aliphatic rings. The molecule has 0 atom stereocenters. The fourth-order valence-electron chi connectivity index (χ4n) is 1.27. The van der Waals surface area contributed by atoms with Gasteiger partial charge in [0.15, 0.2) is 0 Å². The molecule has 0 aliphatic carbocycles. The van der Waals surface area contributed by atoms with Crippen molar-refractivity contribution >= 4 is 33.3 Å².